The molecule has 1 aromatic heterocycles. The smallest absolute Gasteiger partial charge is 0.193 e. The van der Waals surface area contributed by atoms with Gasteiger partial charge in [-0.15, -0.1) is 24.0 Å². The molecule has 2 rings (SSSR count). The van der Waals surface area contributed by atoms with Crippen LogP contribution < -0.4 is 10.1 Å². The maximum absolute atomic E-state index is 5.55. The lowest BCUT2D eigenvalue weighted by Crippen LogP contribution is -2.42. The molecule has 0 bridgehead atoms. The predicted molar refractivity (Wildman–Crippen MR) is 131 cm³/mol. The Hall–Kier alpha value is -1.26. The number of methoxy groups -OCH3 is 1. The van der Waals surface area contributed by atoms with E-state index in [1.165, 1.54) is 5.69 Å². The number of nitrogens with zero attached hydrogens (tertiary/aromatic N) is 4. The molecule has 6 nitrogen and oxygen atoms in total. The number of ether oxygens (including phenoxy) is 1. The molecule has 0 aliphatic heterocycles. The second-order valence-corrected chi connectivity index (χ2v) is 7.68. The zero-order valence-electron chi connectivity index (χ0n) is 17.4. The highest BCUT2D eigenvalue weighted by molar-refractivity contribution is 14.0. The van der Waals surface area contributed by atoms with Crippen LogP contribution in [0.15, 0.2) is 46.0 Å². The SMILES string of the molecule is CN=C(NCC(c1ccccc1OC)N(C)C)N(C)Cc1cc(Br)cn1C.I. The number of hydrogen-bond acceptors (Lipinski definition) is 3. The van der Waals surface area contributed by atoms with Gasteiger partial charge in [0, 0.05) is 49.6 Å². The lowest BCUT2D eigenvalue weighted by atomic mass is 10.0. The Labute approximate surface area is 194 Å². The topological polar surface area (TPSA) is 45.0 Å². The number of halogens is 2. The van der Waals surface area contributed by atoms with E-state index in [1.807, 2.05) is 39.3 Å². The van der Waals surface area contributed by atoms with E-state index in [0.29, 0.717) is 0 Å². The summed E-state index contributed by atoms with van der Waals surface area (Å²) in [7, 11) is 11.8. The first-order valence-corrected chi connectivity index (χ1v) is 9.68. The summed E-state index contributed by atoms with van der Waals surface area (Å²) in [5.74, 6) is 1.75. The Bertz CT molecular complexity index is 778. The molecule has 1 N–H and O–H groups in total. The molecular formula is C20H31BrIN5O. The largest absolute Gasteiger partial charge is 0.496 e. The molecule has 1 heterocycles. The summed E-state index contributed by atoms with van der Waals surface area (Å²) in [4.78, 5) is 8.76. The van der Waals surface area contributed by atoms with Crippen molar-refractivity contribution in [1.82, 2.24) is 19.7 Å². The van der Waals surface area contributed by atoms with Crippen molar-refractivity contribution < 1.29 is 4.74 Å². The number of nitrogens with one attached hydrogen (secondary N) is 1. The van der Waals surface area contributed by atoms with Crippen LogP contribution in [-0.4, -0.2) is 62.2 Å². The highest BCUT2D eigenvalue weighted by Crippen LogP contribution is 2.27. The van der Waals surface area contributed by atoms with Crippen LogP contribution in [0.2, 0.25) is 0 Å². The molecule has 0 fully saturated rings. The molecule has 156 valence electrons. The first-order chi connectivity index (χ1) is 12.9. The van der Waals surface area contributed by atoms with Gasteiger partial charge in [0.1, 0.15) is 5.75 Å². The van der Waals surface area contributed by atoms with Crippen molar-refractivity contribution >= 4 is 45.9 Å². The van der Waals surface area contributed by atoms with Crippen LogP contribution in [0, 0.1) is 0 Å². The van der Waals surface area contributed by atoms with E-state index in [4.69, 9.17) is 4.74 Å². The zero-order chi connectivity index (χ0) is 20.0. The van der Waals surface area contributed by atoms with E-state index < -0.39 is 0 Å². The van der Waals surface area contributed by atoms with Crippen LogP contribution in [-0.2, 0) is 13.6 Å². The van der Waals surface area contributed by atoms with Crippen LogP contribution in [0.5, 0.6) is 5.75 Å². The second-order valence-electron chi connectivity index (χ2n) is 6.77. The third-order valence-electron chi connectivity index (χ3n) is 4.62. The van der Waals surface area contributed by atoms with Gasteiger partial charge in [0.25, 0.3) is 0 Å². The third-order valence-corrected chi connectivity index (χ3v) is 5.06. The fraction of sp³-hybridized carbons (Fsp3) is 0.450. The van der Waals surface area contributed by atoms with Gasteiger partial charge in [-0.3, -0.25) is 4.99 Å². The summed E-state index contributed by atoms with van der Waals surface area (Å²) in [5.41, 5.74) is 2.36. The molecule has 1 aromatic carbocycles. The maximum atomic E-state index is 5.55. The van der Waals surface area contributed by atoms with Gasteiger partial charge in [-0.25, -0.2) is 0 Å². The standard InChI is InChI=1S/C20H30BrN5O.HI/c1-22-20(26(5)14-16-11-15(21)13-25(16)4)23-12-18(24(2)3)17-9-7-8-10-19(17)27-6;/h7-11,13,18H,12,14H2,1-6H3,(H,22,23);1H. The molecule has 2 aromatic rings. The molecule has 1 unspecified atom stereocenters. The average Bonchev–Trinajstić information content (AvgIpc) is 2.95. The van der Waals surface area contributed by atoms with Crippen molar-refractivity contribution in [3.8, 4) is 5.75 Å². The summed E-state index contributed by atoms with van der Waals surface area (Å²) in [6.45, 7) is 1.49. The summed E-state index contributed by atoms with van der Waals surface area (Å²) in [6.07, 6.45) is 2.06. The molecule has 0 amide bonds. The van der Waals surface area contributed by atoms with E-state index in [-0.39, 0.29) is 30.0 Å². The Morgan fingerprint density at radius 1 is 1.29 bits per heavy atom. The summed E-state index contributed by atoms with van der Waals surface area (Å²) >= 11 is 3.53. The molecule has 1 atom stereocenters. The van der Waals surface area contributed by atoms with Gasteiger partial charge >= 0.3 is 0 Å². The van der Waals surface area contributed by atoms with E-state index in [9.17, 15) is 0 Å². The van der Waals surface area contributed by atoms with Gasteiger partial charge in [-0.05, 0) is 42.2 Å². The first-order valence-electron chi connectivity index (χ1n) is 8.89. The summed E-state index contributed by atoms with van der Waals surface area (Å²) < 4.78 is 8.75. The predicted octanol–water partition coefficient (Wildman–Crippen LogP) is 3.72. The fourth-order valence-corrected chi connectivity index (χ4v) is 3.70. The normalized spacial score (nSPS) is 12.5. The van der Waals surface area contributed by atoms with Crippen molar-refractivity contribution in [2.45, 2.75) is 12.6 Å². The van der Waals surface area contributed by atoms with Crippen LogP contribution >= 0.6 is 39.9 Å². The van der Waals surface area contributed by atoms with Gasteiger partial charge in [0.15, 0.2) is 5.96 Å². The summed E-state index contributed by atoms with van der Waals surface area (Å²) in [5, 5.41) is 3.50. The maximum Gasteiger partial charge on any atom is 0.193 e. The van der Waals surface area contributed by atoms with Crippen molar-refractivity contribution in [2.75, 3.05) is 41.8 Å². The van der Waals surface area contributed by atoms with Gasteiger partial charge < -0.3 is 24.4 Å². The molecule has 0 aliphatic rings. The van der Waals surface area contributed by atoms with Gasteiger partial charge in [0.05, 0.1) is 19.7 Å². The van der Waals surface area contributed by atoms with Crippen LogP contribution in [0.3, 0.4) is 0 Å². The molecule has 0 radical (unpaired) electrons. The number of aromatic nitrogens is 1. The van der Waals surface area contributed by atoms with Gasteiger partial charge in [0.2, 0.25) is 0 Å². The Morgan fingerprint density at radius 3 is 2.50 bits per heavy atom. The van der Waals surface area contributed by atoms with Crippen molar-refractivity contribution in [1.29, 1.82) is 0 Å². The number of guanidine groups is 1. The number of hydrogen-bond donors (Lipinski definition) is 1. The minimum Gasteiger partial charge on any atom is -0.496 e. The second kappa shape index (κ2) is 11.7. The van der Waals surface area contributed by atoms with Gasteiger partial charge in [-0.1, -0.05) is 18.2 Å². The van der Waals surface area contributed by atoms with Crippen LogP contribution in [0.25, 0.3) is 0 Å². The zero-order valence-corrected chi connectivity index (χ0v) is 21.4. The van der Waals surface area contributed by atoms with E-state index in [1.54, 1.807) is 7.11 Å². The van der Waals surface area contributed by atoms with Crippen LogP contribution in [0.1, 0.15) is 17.3 Å². The molecular weight excluding hydrogens is 533 g/mol. The monoisotopic (exact) mass is 563 g/mol. The Balaban J connectivity index is 0.00000392. The van der Waals surface area contributed by atoms with Crippen molar-refractivity contribution in [3.05, 3.63) is 52.3 Å². The highest BCUT2D eigenvalue weighted by atomic mass is 127. The molecule has 28 heavy (non-hydrogen) atoms. The molecule has 0 aliphatic carbocycles. The number of rotatable bonds is 7. The molecule has 8 heteroatoms. The molecule has 0 saturated carbocycles. The van der Waals surface area contributed by atoms with E-state index in [0.717, 1.165) is 34.8 Å². The average molecular weight is 564 g/mol. The first kappa shape index (κ1) is 24.8. The van der Waals surface area contributed by atoms with Crippen molar-refractivity contribution in [2.24, 2.45) is 12.0 Å². The Kier molecular flexibility index (Phi) is 10.3. The quantitative estimate of drug-likeness (QED) is 0.317. The number of likely N-dealkylation sites (N-methyl/N-ethyl adjacent to an activating group) is 1. The number of para-hydroxylation sites is 1. The number of benzene rings is 1. The van der Waals surface area contributed by atoms with E-state index in [2.05, 4.69) is 73.0 Å². The van der Waals surface area contributed by atoms with E-state index >= 15 is 0 Å². The Morgan fingerprint density at radius 2 is 1.96 bits per heavy atom. The molecule has 0 saturated heterocycles. The highest BCUT2D eigenvalue weighted by Gasteiger charge is 2.19. The third kappa shape index (κ3) is 6.38. The number of aryl methyl sites for hydroxylation is 1. The molecule has 0 spiro atoms. The van der Waals surface area contributed by atoms with Crippen molar-refractivity contribution in [3.63, 3.8) is 0 Å². The minimum absolute atomic E-state index is 0. The van der Waals surface area contributed by atoms with Crippen LogP contribution in [0.4, 0.5) is 0 Å². The number of aliphatic imine (C=N–C) groups is 1. The minimum atomic E-state index is 0. The fourth-order valence-electron chi connectivity index (χ4n) is 3.13. The summed E-state index contributed by atoms with van der Waals surface area (Å²) in [6, 6.07) is 10.4. The lowest BCUT2D eigenvalue weighted by Gasteiger charge is -2.29. The lowest BCUT2D eigenvalue weighted by molar-refractivity contribution is 0.285. The van der Waals surface area contributed by atoms with Gasteiger partial charge in [-0.2, -0.15) is 0 Å².